The summed E-state index contributed by atoms with van der Waals surface area (Å²) in [5.41, 5.74) is 0. The van der Waals surface area contributed by atoms with E-state index in [2.05, 4.69) is 5.32 Å². The quantitative estimate of drug-likeness (QED) is 0.672. The fraction of sp³-hybridized carbons (Fsp3) is 0.750. The second-order valence-corrected chi connectivity index (χ2v) is 5.51. The molecule has 1 fully saturated rings. The minimum absolute atomic E-state index is 0.0468. The van der Waals surface area contributed by atoms with Crippen molar-refractivity contribution in [2.45, 2.75) is 38.6 Å². The maximum absolute atomic E-state index is 11.9. The van der Waals surface area contributed by atoms with Crippen LogP contribution in [-0.4, -0.2) is 52.0 Å². The van der Waals surface area contributed by atoms with Gasteiger partial charge in [-0.05, 0) is 12.8 Å². The molecule has 0 bridgehead atoms. The van der Waals surface area contributed by atoms with E-state index in [1.165, 1.54) is 23.6 Å². The summed E-state index contributed by atoms with van der Waals surface area (Å²) < 4.78 is 0. The van der Waals surface area contributed by atoms with Gasteiger partial charge in [0.15, 0.2) is 0 Å². The number of hydrogen-bond donors (Lipinski definition) is 2. The molecule has 6 nitrogen and oxygen atoms in total. The number of nitrogens with one attached hydrogen (secondary N) is 1. The topological polar surface area (TPSA) is 86.7 Å². The normalized spacial score (nSPS) is 18.4. The molecule has 1 heterocycles. The summed E-state index contributed by atoms with van der Waals surface area (Å²) in [4.78, 5) is 34.9. The van der Waals surface area contributed by atoms with Crippen molar-refractivity contribution in [3.63, 3.8) is 0 Å². The number of amides is 2. The molecule has 7 heteroatoms. The fourth-order valence-corrected chi connectivity index (χ4v) is 3.05. The van der Waals surface area contributed by atoms with Crippen LogP contribution in [0, 0.1) is 0 Å². The molecule has 2 N–H and O–H groups in total. The molecule has 1 rings (SSSR count). The fourth-order valence-electron chi connectivity index (χ4n) is 1.88. The van der Waals surface area contributed by atoms with Crippen molar-refractivity contribution in [3.8, 4) is 0 Å². The number of nitrogens with zero attached hydrogens (tertiary/aromatic N) is 1. The lowest BCUT2D eigenvalue weighted by atomic mass is 10.1. The molecule has 1 atom stereocenters. The molecule has 0 radical (unpaired) electrons. The van der Waals surface area contributed by atoms with Crippen LogP contribution < -0.4 is 5.32 Å². The van der Waals surface area contributed by atoms with Crippen LogP contribution in [-0.2, 0) is 14.4 Å². The van der Waals surface area contributed by atoms with E-state index in [1.54, 1.807) is 0 Å². The van der Waals surface area contributed by atoms with Crippen molar-refractivity contribution >= 4 is 29.5 Å². The van der Waals surface area contributed by atoms with E-state index in [0.717, 1.165) is 19.3 Å². The molecule has 0 aromatic carbocycles. The molecular formula is C12H20N2O4S. The van der Waals surface area contributed by atoms with Gasteiger partial charge in [0.2, 0.25) is 11.8 Å². The van der Waals surface area contributed by atoms with Gasteiger partial charge in [-0.1, -0.05) is 6.42 Å². The minimum Gasteiger partial charge on any atom is -0.480 e. The molecule has 1 aliphatic heterocycles. The Balaban J connectivity index is 2.17. The number of carbonyl (C=O) groups excluding carboxylic acids is 2. The first kappa shape index (κ1) is 15.8. The third-order valence-corrected chi connectivity index (χ3v) is 3.94. The van der Waals surface area contributed by atoms with E-state index in [9.17, 15) is 14.4 Å². The van der Waals surface area contributed by atoms with E-state index in [1.807, 2.05) is 0 Å². The molecule has 1 saturated heterocycles. The highest BCUT2D eigenvalue weighted by molar-refractivity contribution is 7.99. The lowest BCUT2D eigenvalue weighted by Crippen LogP contribution is -2.41. The predicted molar refractivity (Wildman–Crippen MR) is 72.7 cm³/mol. The van der Waals surface area contributed by atoms with Crippen molar-refractivity contribution in [1.82, 2.24) is 10.2 Å². The van der Waals surface area contributed by atoms with Gasteiger partial charge in [0.1, 0.15) is 6.04 Å². The van der Waals surface area contributed by atoms with Crippen LogP contribution in [0.4, 0.5) is 0 Å². The van der Waals surface area contributed by atoms with Gasteiger partial charge < -0.3 is 15.3 Å². The highest BCUT2D eigenvalue weighted by Gasteiger charge is 2.33. The van der Waals surface area contributed by atoms with Gasteiger partial charge in [0.05, 0.1) is 5.88 Å². The van der Waals surface area contributed by atoms with E-state index < -0.39 is 12.0 Å². The lowest BCUT2D eigenvalue weighted by molar-refractivity contribution is -0.147. The summed E-state index contributed by atoms with van der Waals surface area (Å²) in [6.45, 7) is 2.10. The second-order valence-electron chi connectivity index (χ2n) is 4.51. The second kappa shape index (κ2) is 8.04. The summed E-state index contributed by atoms with van der Waals surface area (Å²) in [5, 5.41) is 11.7. The van der Waals surface area contributed by atoms with E-state index >= 15 is 0 Å². The summed E-state index contributed by atoms with van der Waals surface area (Å²) in [7, 11) is 0. The maximum atomic E-state index is 11.9. The third-order valence-electron chi connectivity index (χ3n) is 2.93. The maximum Gasteiger partial charge on any atom is 0.327 e. The monoisotopic (exact) mass is 288 g/mol. The van der Waals surface area contributed by atoms with Crippen LogP contribution in [0.3, 0.4) is 0 Å². The third kappa shape index (κ3) is 5.50. The molecule has 1 aliphatic rings. The number of thioether (sulfide) groups is 1. The number of hydrogen-bond acceptors (Lipinski definition) is 4. The first-order valence-corrected chi connectivity index (χ1v) is 7.52. The molecular weight excluding hydrogens is 268 g/mol. The smallest absolute Gasteiger partial charge is 0.327 e. The number of rotatable bonds is 7. The van der Waals surface area contributed by atoms with Crippen LogP contribution in [0.5, 0.6) is 0 Å². The largest absolute Gasteiger partial charge is 0.480 e. The van der Waals surface area contributed by atoms with Crippen LogP contribution in [0.2, 0.25) is 0 Å². The first-order chi connectivity index (χ1) is 9.02. The Morgan fingerprint density at radius 2 is 2.05 bits per heavy atom. The summed E-state index contributed by atoms with van der Waals surface area (Å²) in [6, 6.07) is -0.670. The number of aliphatic carboxylic acids is 1. The Morgan fingerprint density at radius 1 is 1.32 bits per heavy atom. The summed E-state index contributed by atoms with van der Waals surface area (Å²) in [6.07, 6.45) is 2.80. The minimum atomic E-state index is -0.927. The Kier molecular flexibility index (Phi) is 6.69. The highest BCUT2D eigenvalue weighted by atomic mass is 32.2. The Bertz CT molecular complexity index is 349. The van der Waals surface area contributed by atoms with Crippen LogP contribution >= 0.6 is 11.8 Å². The van der Waals surface area contributed by atoms with Gasteiger partial charge in [0.25, 0.3) is 0 Å². The molecule has 0 saturated carbocycles. The van der Waals surface area contributed by atoms with Crippen molar-refractivity contribution in [2.24, 2.45) is 0 Å². The average Bonchev–Trinajstić information content (AvgIpc) is 2.82. The molecule has 2 amide bonds. The van der Waals surface area contributed by atoms with Crippen LogP contribution in [0.15, 0.2) is 0 Å². The van der Waals surface area contributed by atoms with Gasteiger partial charge in [-0.3, -0.25) is 9.59 Å². The molecule has 0 spiro atoms. The van der Waals surface area contributed by atoms with Gasteiger partial charge in [-0.25, -0.2) is 4.79 Å². The van der Waals surface area contributed by atoms with Gasteiger partial charge >= 0.3 is 5.97 Å². The summed E-state index contributed by atoms with van der Waals surface area (Å²) >= 11 is 1.47. The zero-order chi connectivity index (χ0) is 14.3. The molecule has 0 aliphatic carbocycles. The molecule has 1 unspecified atom stereocenters. The zero-order valence-corrected chi connectivity index (χ0v) is 11.9. The number of unbranched alkanes of at least 4 members (excludes halogenated alkanes) is 2. The number of carbonyl (C=O) groups is 3. The number of carboxylic acids is 1. The van der Waals surface area contributed by atoms with Crippen molar-refractivity contribution < 1.29 is 19.5 Å². The van der Waals surface area contributed by atoms with Crippen LogP contribution in [0.25, 0.3) is 0 Å². The standard InChI is InChI=1S/C12H20N2O4S/c1-9(15)13-6-4-2-3-5-11(16)14-8-19-7-10(14)12(17)18/h10H,2-8H2,1H3,(H,13,15)(H,17,18). The van der Waals surface area contributed by atoms with Crippen LogP contribution in [0.1, 0.15) is 32.6 Å². The summed E-state index contributed by atoms with van der Waals surface area (Å²) in [5.74, 6) is -0.110. The van der Waals surface area contributed by atoms with Gasteiger partial charge in [-0.2, -0.15) is 0 Å². The van der Waals surface area contributed by atoms with E-state index in [-0.39, 0.29) is 11.8 Å². The SMILES string of the molecule is CC(=O)NCCCCCC(=O)N1CSCC1C(=O)O. The zero-order valence-electron chi connectivity index (χ0n) is 11.1. The molecule has 0 aromatic heterocycles. The molecule has 0 aromatic rings. The molecule has 108 valence electrons. The predicted octanol–water partition coefficient (Wildman–Crippen LogP) is 0.669. The Labute approximate surface area is 116 Å². The lowest BCUT2D eigenvalue weighted by Gasteiger charge is -2.20. The van der Waals surface area contributed by atoms with Gasteiger partial charge in [-0.15, -0.1) is 11.8 Å². The number of carboxylic acid groups (broad SMARTS) is 1. The average molecular weight is 288 g/mol. The highest BCUT2D eigenvalue weighted by Crippen LogP contribution is 2.22. The Hall–Kier alpha value is -1.24. The van der Waals surface area contributed by atoms with E-state index in [0.29, 0.717) is 24.6 Å². The van der Waals surface area contributed by atoms with Crippen molar-refractivity contribution in [1.29, 1.82) is 0 Å². The van der Waals surface area contributed by atoms with Crippen molar-refractivity contribution in [3.05, 3.63) is 0 Å². The molecule has 19 heavy (non-hydrogen) atoms. The van der Waals surface area contributed by atoms with Crippen molar-refractivity contribution in [2.75, 3.05) is 18.2 Å². The van der Waals surface area contributed by atoms with Gasteiger partial charge in [0, 0.05) is 25.6 Å². The Morgan fingerprint density at radius 3 is 2.68 bits per heavy atom. The van der Waals surface area contributed by atoms with E-state index in [4.69, 9.17) is 5.11 Å². The first-order valence-electron chi connectivity index (χ1n) is 6.37.